The van der Waals surface area contributed by atoms with Crippen LogP contribution in [0.15, 0.2) is 0 Å². The molecule has 1 fully saturated rings. The number of ether oxygens (including phenoxy) is 2. The van der Waals surface area contributed by atoms with E-state index in [1.165, 1.54) is 0 Å². The maximum Gasteiger partial charge on any atom is 0.323 e. The molecule has 0 bridgehead atoms. The Hall–Kier alpha value is -1.10. The largest absolute Gasteiger partial charge is 0.465 e. The van der Waals surface area contributed by atoms with Crippen molar-refractivity contribution in [2.75, 3.05) is 6.61 Å². The van der Waals surface area contributed by atoms with E-state index in [1.54, 1.807) is 20.8 Å². The number of carbonyl (C=O) groups is 2. The van der Waals surface area contributed by atoms with Crippen molar-refractivity contribution < 1.29 is 19.1 Å². The average molecular weight is 271 g/mol. The Morgan fingerprint density at radius 2 is 1.89 bits per heavy atom. The lowest BCUT2D eigenvalue weighted by Crippen LogP contribution is -2.42. The highest BCUT2D eigenvalue weighted by Gasteiger charge is 2.31. The van der Waals surface area contributed by atoms with Crippen LogP contribution in [0.3, 0.4) is 0 Å². The van der Waals surface area contributed by atoms with Crippen LogP contribution in [0.1, 0.15) is 47.0 Å². The molecule has 0 amide bonds. The van der Waals surface area contributed by atoms with Crippen LogP contribution in [0.4, 0.5) is 0 Å². The summed E-state index contributed by atoms with van der Waals surface area (Å²) in [4.78, 5) is 23.1. The Labute approximate surface area is 114 Å². The second kappa shape index (κ2) is 6.37. The van der Waals surface area contributed by atoms with Crippen LogP contribution in [0, 0.1) is 11.8 Å². The molecule has 5 heteroatoms. The van der Waals surface area contributed by atoms with E-state index in [2.05, 4.69) is 0 Å². The molecule has 0 aromatic heterocycles. The first-order valence-electron chi connectivity index (χ1n) is 6.86. The first kappa shape index (κ1) is 16.0. The molecule has 0 aliphatic heterocycles. The molecule has 5 nitrogen and oxygen atoms in total. The molecule has 1 aliphatic carbocycles. The molecule has 2 N–H and O–H groups in total. The molecule has 1 aliphatic rings. The first-order valence-corrected chi connectivity index (χ1v) is 6.86. The lowest BCUT2D eigenvalue weighted by atomic mass is 9.99. The van der Waals surface area contributed by atoms with Crippen molar-refractivity contribution in [1.82, 2.24) is 0 Å². The molecule has 0 aromatic rings. The maximum atomic E-state index is 11.8. The van der Waals surface area contributed by atoms with Gasteiger partial charge >= 0.3 is 11.9 Å². The number of esters is 2. The van der Waals surface area contributed by atoms with Gasteiger partial charge in [-0.25, -0.2) is 0 Å². The fourth-order valence-electron chi connectivity index (χ4n) is 1.56. The highest BCUT2D eigenvalue weighted by atomic mass is 16.6. The van der Waals surface area contributed by atoms with Gasteiger partial charge < -0.3 is 15.2 Å². The Morgan fingerprint density at radius 3 is 2.37 bits per heavy atom. The minimum atomic E-state index is -0.682. The van der Waals surface area contributed by atoms with E-state index < -0.39 is 17.6 Å². The second-order valence-electron chi connectivity index (χ2n) is 6.27. The van der Waals surface area contributed by atoms with Crippen LogP contribution in [-0.2, 0) is 19.1 Å². The van der Waals surface area contributed by atoms with Crippen molar-refractivity contribution in [3.8, 4) is 0 Å². The average Bonchev–Trinajstić information content (AvgIpc) is 3.08. The van der Waals surface area contributed by atoms with Crippen LogP contribution in [0.2, 0.25) is 0 Å². The predicted molar refractivity (Wildman–Crippen MR) is 71.3 cm³/mol. The summed E-state index contributed by atoms with van der Waals surface area (Å²) in [6, 6.07) is -0.682. The molecule has 1 rings (SSSR count). The minimum Gasteiger partial charge on any atom is -0.465 e. The van der Waals surface area contributed by atoms with Gasteiger partial charge in [-0.2, -0.15) is 0 Å². The van der Waals surface area contributed by atoms with Gasteiger partial charge in [-0.15, -0.1) is 0 Å². The van der Waals surface area contributed by atoms with Crippen molar-refractivity contribution in [1.29, 1.82) is 0 Å². The Kier molecular flexibility index (Phi) is 5.35. The molecular weight excluding hydrogens is 246 g/mol. The van der Waals surface area contributed by atoms with Gasteiger partial charge in [0.1, 0.15) is 11.6 Å². The number of hydrogen-bond donors (Lipinski definition) is 1. The summed E-state index contributed by atoms with van der Waals surface area (Å²) in [6.07, 6.45) is 2.44. The third kappa shape index (κ3) is 6.05. The molecule has 19 heavy (non-hydrogen) atoms. The van der Waals surface area contributed by atoms with Gasteiger partial charge in [-0.1, -0.05) is 6.92 Å². The Balaban J connectivity index is 2.25. The highest BCUT2D eigenvalue weighted by Crippen LogP contribution is 2.30. The SMILES string of the molecule is CC(CCOC(=O)C1CC1)C(N)C(=O)OC(C)(C)C. The molecule has 0 aromatic carbocycles. The number of rotatable bonds is 6. The van der Waals surface area contributed by atoms with Crippen LogP contribution in [0.25, 0.3) is 0 Å². The van der Waals surface area contributed by atoms with Crippen LogP contribution >= 0.6 is 0 Å². The predicted octanol–water partition coefficient (Wildman–Crippen LogP) is 1.63. The molecule has 1 saturated carbocycles. The normalized spacial score (nSPS) is 18.6. The van der Waals surface area contributed by atoms with E-state index in [9.17, 15) is 9.59 Å². The monoisotopic (exact) mass is 271 g/mol. The van der Waals surface area contributed by atoms with E-state index in [-0.39, 0.29) is 17.8 Å². The zero-order valence-corrected chi connectivity index (χ0v) is 12.3. The molecule has 0 spiro atoms. The topological polar surface area (TPSA) is 78.6 Å². The van der Waals surface area contributed by atoms with Crippen molar-refractivity contribution in [2.45, 2.75) is 58.6 Å². The maximum absolute atomic E-state index is 11.8. The van der Waals surface area contributed by atoms with Gasteiger partial charge in [0, 0.05) is 0 Å². The van der Waals surface area contributed by atoms with Crippen molar-refractivity contribution in [3.05, 3.63) is 0 Å². The fourth-order valence-corrected chi connectivity index (χ4v) is 1.56. The van der Waals surface area contributed by atoms with Crippen molar-refractivity contribution in [2.24, 2.45) is 17.6 Å². The van der Waals surface area contributed by atoms with Crippen LogP contribution in [0.5, 0.6) is 0 Å². The molecular formula is C14H25NO4. The highest BCUT2D eigenvalue weighted by molar-refractivity contribution is 5.76. The molecule has 0 heterocycles. The minimum absolute atomic E-state index is 0.0816. The summed E-state index contributed by atoms with van der Waals surface area (Å²) in [5.41, 5.74) is 5.31. The smallest absolute Gasteiger partial charge is 0.323 e. The van der Waals surface area contributed by atoms with Gasteiger partial charge in [-0.3, -0.25) is 9.59 Å². The number of nitrogens with two attached hydrogens (primary N) is 1. The summed E-state index contributed by atoms with van der Waals surface area (Å²) >= 11 is 0. The van der Waals surface area contributed by atoms with Gasteiger partial charge in [0.2, 0.25) is 0 Å². The van der Waals surface area contributed by atoms with Crippen LogP contribution in [-0.4, -0.2) is 30.2 Å². The summed E-state index contributed by atoms with van der Waals surface area (Å²) in [6.45, 7) is 7.59. The van der Waals surface area contributed by atoms with Gasteiger partial charge in [0.15, 0.2) is 0 Å². The van der Waals surface area contributed by atoms with Gasteiger partial charge in [-0.05, 0) is 46.0 Å². The Morgan fingerprint density at radius 1 is 1.32 bits per heavy atom. The molecule has 2 unspecified atom stereocenters. The third-order valence-corrected chi connectivity index (χ3v) is 3.02. The van der Waals surface area contributed by atoms with Crippen molar-refractivity contribution in [3.63, 3.8) is 0 Å². The molecule has 110 valence electrons. The lowest BCUT2D eigenvalue weighted by molar-refractivity contribution is -0.157. The third-order valence-electron chi connectivity index (χ3n) is 3.02. The van der Waals surface area contributed by atoms with E-state index in [0.29, 0.717) is 13.0 Å². The number of carbonyl (C=O) groups excluding carboxylic acids is 2. The van der Waals surface area contributed by atoms with Gasteiger partial charge in [0.25, 0.3) is 0 Å². The van der Waals surface area contributed by atoms with E-state index in [1.807, 2.05) is 6.92 Å². The zero-order valence-electron chi connectivity index (χ0n) is 12.3. The lowest BCUT2D eigenvalue weighted by Gasteiger charge is -2.24. The summed E-state index contributed by atoms with van der Waals surface area (Å²) in [5, 5.41) is 0. The molecule has 0 radical (unpaired) electrons. The molecule has 0 saturated heterocycles. The van der Waals surface area contributed by atoms with E-state index >= 15 is 0 Å². The zero-order chi connectivity index (χ0) is 14.6. The first-order chi connectivity index (χ1) is 8.70. The standard InChI is InChI=1S/C14H25NO4/c1-9(7-8-18-12(16)10-5-6-10)11(15)13(17)19-14(2,3)4/h9-11H,5-8,15H2,1-4H3. The molecule has 2 atom stereocenters. The summed E-state index contributed by atoms with van der Waals surface area (Å²) < 4.78 is 10.3. The van der Waals surface area contributed by atoms with E-state index in [0.717, 1.165) is 12.8 Å². The summed E-state index contributed by atoms with van der Waals surface area (Å²) in [5.74, 6) is -0.511. The Bertz CT molecular complexity index is 331. The van der Waals surface area contributed by atoms with Crippen LogP contribution < -0.4 is 5.73 Å². The second-order valence-corrected chi connectivity index (χ2v) is 6.27. The number of hydrogen-bond acceptors (Lipinski definition) is 5. The van der Waals surface area contributed by atoms with Gasteiger partial charge in [0.05, 0.1) is 12.5 Å². The fraction of sp³-hybridized carbons (Fsp3) is 0.857. The quantitative estimate of drug-likeness (QED) is 0.743. The summed E-state index contributed by atoms with van der Waals surface area (Å²) in [7, 11) is 0. The van der Waals surface area contributed by atoms with E-state index in [4.69, 9.17) is 15.2 Å². The van der Waals surface area contributed by atoms with Crippen molar-refractivity contribution >= 4 is 11.9 Å².